The summed E-state index contributed by atoms with van der Waals surface area (Å²) in [5.74, 6) is -1.78. The van der Waals surface area contributed by atoms with Crippen molar-refractivity contribution in [1.82, 2.24) is 0 Å². The number of carbonyl (C=O) groups is 2. The van der Waals surface area contributed by atoms with Crippen molar-refractivity contribution < 1.29 is 28.2 Å². The van der Waals surface area contributed by atoms with Crippen molar-refractivity contribution in [2.24, 2.45) is 0 Å². The van der Waals surface area contributed by atoms with E-state index in [0.717, 1.165) is 18.9 Å². The lowest BCUT2D eigenvalue weighted by molar-refractivity contribution is -0.527. The number of nitroso groups, excluding NO2 is 1. The summed E-state index contributed by atoms with van der Waals surface area (Å²) in [5.41, 5.74) is 0.809. The van der Waals surface area contributed by atoms with Gasteiger partial charge in [-0.25, -0.2) is 9.18 Å². The summed E-state index contributed by atoms with van der Waals surface area (Å²) in [6, 6.07) is 0.898. The number of nitrogens with zero attached hydrogens (tertiary/aromatic N) is 1. The maximum atomic E-state index is 14.4. The number of halogens is 2. The number of ether oxygens (including phenoxy) is 2. The predicted octanol–water partition coefficient (Wildman–Crippen LogP) is 3.26. The monoisotopic (exact) mass is 368 g/mol. The summed E-state index contributed by atoms with van der Waals surface area (Å²) >= 11 is 5.93. The first-order valence-corrected chi connectivity index (χ1v) is 8.23. The predicted molar refractivity (Wildman–Crippen MR) is 85.8 cm³/mol. The van der Waals surface area contributed by atoms with Gasteiger partial charge in [-0.15, -0.1) is 0 Å². The minimum Gasteiger partial charge on any atom is -0.480 e. The molecule has 8 heteroatoms. The van der Waals surface area contributed by atoms with E-state index in [1.54, 1.807) is 0 Å². The lowest BCUT2D eigenvalue weighted by atomic mass is 9.93. The quantitative estimate of drug-likeness (QED) is 0.602. The minimum absolute atomic E-state index is 0.00883. The second-order valence-electron chi connectivity index (χ2n) is 5.89. The van der Waals surface area contributed by atoms with Gasteiger partial charge < -0.3 is 9.47 Å². The van der Waals surface area contributed by atoms with Gasteiger partial charge in [0.15, 0.2) is 6.61 Å². The van der Waals surface area contributed by atoms with Crippen LogP contribution in [0.2, 0.25) is 5.02 Å². The molecule has 1 atom stereocenters. The Bertz CT molecular complexity index is 776. The van der Waals surface area contributed by atoms with Gasteiger partial charge in [-0.05, 0) is 31.4 Å². The summed E-state index contributed by atoms with van der Waals surface area (Å²) in [4.78, 5) is 36.3. The lowest BCUT2D eigenvalue weighted by Crippen LogP contribution is -2.18. The van der Waals surface area contributed by atoms with Gasteiger partial charge in [-0.1, -0.05) is 11.6 Å². The molecule has 0 spiro atoms. The average Bonchev–Trinajstić information content (AvgIpc) is 2.86. The second-order valence-corrected chi connectivity index (χ2v) is 6.30. The highest BCUT2D eigenvalue weighted by atomic mass is 35.5. The van der Waals surface area contributed by atoms with E-state index in [1.165, 1.54) is 13.2 Å². The normalized spacial score (nSPS) is 19.9. The zero-order valence-electron chi connectivity index (χ0n) is 13.5. The van der Waals surface area contributed by atoms with Crippen molar-refractivity contribution in [2.45, 2.75) is 31.7 Å². The molecule has 25 heavy (non-hydrogen) atoms. The van der Waals surface area contributed by atoms with Crippen LogP contribution in [-0.2, 0) is 14.3 Å². The average molecular weight is 369 g/mol. The number of ketones is 1. The molecule has 2 aliphatic rings. The van der Waals surface area contributed by atoms with Crippen LogP contribution < -0.4 is 4.74 Å². The van der Waals surface area contributed by atoms with Crippen molar-refractivity contribution in [1.29, 1.82) is 0 Å². The van der Waals surface area contributed by atoms with E-state index in [-0.39, 0.29) is 22.1 Å². The summed E-state index contributed by atoms with van der Waals surface area (Å²) in [6.45, 7) is -0.421. The van der Waals surface area contributed by atoms with Crippen LogP contribution in [0, 0.1) is 10.7 Å². The molecule has 3 rings (SSSR count). The fourth-order valence-electron chi connectivity index (χ4n) is 3.15. The van der Waals surface area contributed by atoms with Crippen LogP contribution in [0.4, 0.5) is 4.39 Å². The summed E-state index contributed by atoms with van der Waals surface area (Å²) < 4.78 is 24.7. The molecule has 1 heterocycles. The molecular formula is C17H16ClFNO5+. The Hall–Kier alpha value is -2.28. The Morgan fingerprint density at radius 2 is 2.08 bits per heavy atom. The highest BCUT2D eigenvalue weighted by Gasteiger charge is 2.51. The molecule has 0 bridgehead atoms. The molecular weight excluding hydrogens is 353 g/mol. The zero-order chi connectivity index (χ0) is 18.1. The fourth-order valence-corrected chi connectivity index (χ4v) is 3.36. The van der Waals surface area contributed by atoms with Gasteiger partial charge in [0.2, 0.25) is 11.5 Å². The number of esters is 1. The van der Waals surface area contributed by atoms with Crippen molar-refractivity contribution in [3.63, 3.8) is 0 Å². The Balaban J connectivity index is 1.93. The van der Waals surface area contributed by atoms with Gasteiger partial charge in [0, 0.05) is 16.1 Å². The number of hydrogen-bond donors (Lipinski definition) is 0. The summed E-state index contributed by atoms with van der Waals surface area (Å²) in [6.07, 6.45) is 2.71. The van der Waals surface area contributed by atoms with Gasteiger partial charge in [0.1, 0.15) is 11.6 Å². The molecule has 132 valence electrons. The highest BCUT2D eigenvalue weighted by molar-refractivity contribution is 6.32. The first kappa shape index (κ1) is 17.5. The van der Waals surface area contributed by atoms with Gasteiger partial charge >= 0.3 is 5.97 Å². The van der Waals surface area contributed by atoms with Gasteiger partial charge in [-0.2, -0.15) is 0 Å². The summed E-state index contributed by atoms with van der Waals surface area (Å²) in [5, 5.41) is -0.0641. The zero-order valence-corrected chi connectivity index (χ0v) is 14.3. The second kappa shape index (κ2) is 6.92. The molecule has 0 aromatic heterocycles. The Morgan fingerprint density at radius 1 is 1.36 bits per heavy atom. The van der Waals surface area contributed by atoms with E-state index in [0.29, 0.717) is 28.9 Å². The van der Waals surface area contributed by atoms with Gasteiger partial charge in [0.05, 0.1) is 23.3 Å². The molecule has 1 aromatic carbocycles. The molecule has 1 unspecified atom stereocenters. The highest BCUT2D eigenvalue weighted by Crippen LogP contribution is 2.42. The maximum absolute atomic E-state index is 14.4. The smallest absolute Gasteiger partial charge is 0.343 e. The molecule has 0 radical (unpaired) electrons. The molecule has 6 nitrogen and oxygen atoms in total. The Labute approximate surface area is 148 Å². The van der Waals surface area contributed by atoms with E-state index in [2.05, 4.69) is 4.74 Å². The van der Waals surface area contributed by atoms with E-state index >= 15 is 0 Å². The van der Waals surface area contributed by atoms with Gasteiger partial charge in [0.25, 0.3) is 6.04 Å². The largest absolute Gasteiger partial charge is 0.480 e. The number of methoxy groups -OCH3 is 1. The van der Waals surface area contributed by atoms with Crippen molar-refractivity contribution in [3.05, 3.63) is 44.7 Å². The van der Waals surface area contributed by atoms with Crippen LogP contribution in [0.5, 0.6) is 5.75 Å². The number of allylic oxidation sites excluding steroid dienone is 1. The van der Waals surface area contributed by atoms with Crippen LogP contribution in [0.3, 0.4) is 0 Å². The van der Waals surface area contributed by atoms with E-state index in [4.69, 9.17) is 16.3 Å². The van der Waals surface area contributed by atoms with Crippen molar-refractivity contribution >= 4 is 23.4 Å². The van der Waals surface area contributed by atoms with Gasteiger partial charge in [-0.3, -0.25) is 4.79 Å². The minimum atomic E-state index is -1.28. The van der Waals surface area contributed by atoms with Crippen LogP contribution in [0.15, 0.2) is 23.4 Å². The molecule has 0 amide bonds. The van der Waals surface area contributed by atoms with E-state index < -0.39 is 24.4 Å². The van der Waals surface area contributed by atoms with E-state index in [9.17, 15) is 18.9 Å². The molecule has 0 N–H and O–H groups in total. The van der Waals surface area contributed by atoms with Crippen molar-refractivity contribution in [2.75, 3.05) is 13.7 Å². The van der Waals surface area contributed by atoms with E-state index in [1.807, 2.05) is 0 Å². The fraction of sp³-hybridized carbons (Fsp3) is 0.412. The summed E-state index contributed by atoms with van der Waals surface area (Å²) in [7, 11) is 1.20. The third-order valence-corrected chi connectivity index (χ3v) is 4.70. The topological polar surface area (TPSA) is 72.7 Å². The number of carbonyl (C=O) groups excluding carboxylic acids is 2. The third-order valence-electron chi connectivity index (χ3n) is 4.40. The molecule has 1 aliphatic heterocycles. The Morgan fingerprint density at radius 3 is 2.76 bits per heavy atom. The number of hydrogen-bond acceptors (Lipinski definition) is 5. The molecule has 0 saturated heterocycles. The van der Waals surface area contributed by atoms with Crippen LogP contribution in [0.25, 0.3) is 0 Å². The molecule has 0 saturated carbocycles. The third kappa shape index (κ3) is 3.16. The van der Waals surface area contributed by atoms with Crippen LogP contribution in [0.1, 0.15) is 37.3 Å². The number of Topliss-reactive ketones (excluding diaryl/α,β-unsaturated/α-hetero) is 1. The van der Waals surface area contributed by atoms with Crippen LogP contribution in [-0.4, -0.2) is 30.2 Å². The van der Waals surface area contributed by atoms with Crippen LogP contribution >= 0.6 is 11.6 Å². The first-order valence-electron chi connectivity index (χ1n) is 7.85. The lowest BCUT2D eigenvalue weighted by Gasteiger charge is -2.10. The van der Waals surface area contributed by atoms with Crippen molar-refractivity contribution in [3.8, 4) is 5.75 Å². The molecule has 1 aliphatic carbocycles. The molecule has 1 aromatic rings. The molecule has 0 fully saturated rings. The number of benzene rings is 1. The standard InChI is InChI=1S/C17H16ClFNO5/c1-24-15(21)8-25-14-6-10(12(19)7-11(14)18)16-17(22)9-4-2-3-5-13(9)20(16)23/h6-7,16H,2-5,8H2,1H3/q+1. The Kier molecular flexibility index (Phi) is 4.85. The maximum Gasteiger partial charge on any atom is 0.343 e. The SMILES string of the molecule is COC(=O)COc1cc(C2C(=O)C3=C(CCCC3)[N+]2=O)c(F)cc1Cl. The number of rotatable bonds is 4. The first-order chi connectivity index (χ1) is 11.9.